The van der Waals surface area contributed by atoms with Crippen LogP contribution in [-0.2, 0) is 9.53 Å². The first-order chi connectivity index (χ1) is 14.4. The van der Waals surface area contributed by atoms with Crippen LogP contribution in [0.25, 0.3) is 11.3 Å². The number of rotatable bonds is 6. The number of carbonyl (C=O) groups excluding carboxylic acids is 1. The van der Waals surface area contributed by atoms with E-state index in [2.05, 4.69) is 10.3 Å². The Hall–Kier alpha value is -3.99. The van der Waals surface area contributed by atoms with Crippen molar-refractivity contribution >= 4 is 11.7 Å². The summed E-state index contributed by atoms with van der Waals surface area (Å²) in [6.45, 7) is 3.74. The van der Waals surface area contributed by atoms with Crippen LogP contribution in [0.4, 0.5) is 5.69 Å². The largest absolute Gasteiger partial charge is 0.461 e. The van der Waals surface area contributed by atoms with E-state index in [9.17, 15) is 14.9 Å². The summed E-state index contributed by atoms with van der Waals surface area (Å²) in [5.41, 5.74) is 4.06. The van der Waals surface area contributed by atoms with Crippen molar-refractivity contribution < 1.29 is 14.5 Å². The van der Waals surface area contributed by atoms with Gasteiger partial charge in [-0.25, -0.2) is 4.79 Å². The van der Waals surface area contributed by atoms with Gasteiger partial charge in [0, 0.05) is 41.2 Å². The number of esters is 1. The molecule has 0 aliphatic carbocycles. The summed E-state index contributed by atoms with van der Waals surface area (Å²) in [6.07, 6.45) is 3.70. The van der Waals surface area contributed by atoms with Crippen LogP contribution in [0, 0.1) is 21.4 Å². The number of nitrogens with zero attached hydrogens (tertiary/aromatic N) is 3. The number of non-ortho nitro benzene ring substituents is 1. The van der Waals surface area contributed by atoms with E-state index in [0.29, 0.717) is 22.5 Å². The molecule has 0 radical (unpaired) electrons. The summed E-state index contributed by atoms with van der Waals surface area (Å²) in [5.74, 6) is -0.834. The number of allylic oxidation sites excluding steroid dienone is 3. The number of hydrogen-bond acceptors (Lipinski definition) is 7. The number of nitro benzene ring substituents is 1. The van der Waals surface area contributed by atoms with Crippen molar-refractivity contribution in [1.82, 2.24) is 10.3 Å². The molecule has 0 fully saturated rings. The minimum Gasteiger partial charge on any atom is -0.461 e. The summed E-state index contributed by atoms with van der Waals surface area (Å²) in [6, 6.07) is 11.8. The fraction of sp³-hybridized carbons (Fsp3) is 0.227. The van der Waals surface area contributed by atoms with Crippen molar-refractivity contribution in [2.24, 2.45) is 0 Å². The molecular weight excluding hydrogens is 384 g/mol. The molecule has 8 nitrogen and oxygen atoms in total. The Labute approximate surface area is 173 Å². The molecule has 30 heavy (non-hydrogen) atoms. The highest BCUT2D eigenvalue weighted by molar-refractivity contribution is 5.92. The van der Waals surface area contributed by atoms with Crippen molar-refractivity contribution in [3.05, 3.63) is 81.3 Å². The molecule has 0 saturated heterocycles. The lowest BCUT2D eigenvalue weighted by atomic mass is 9.87. The third kappa shape index (κ3) is 4.52. The van der Waals surface area contributed by atoms with Gasteiger partial charge in [-0.2, -0.15) is 5.26 Å². The van der Waals surface area contributed by atoms with Gasteiger partial charge in [0.25, 0.3) is 5.69 Å². The second kappa shape index (κ2) is 9.01. The lowest BCUT2D eigenvalue weighted by molar-refractivity contribution is -0.384. The van der Waals surface area contributed by atoms with E-state index in [1.165, 1.54) is 12.1 Å². The smallest absolute Gasteiger partial charge is 0.336 e. The van der Waals surface area contributed by atoms with Gasteiger partial charge in [0.1, 0.15) is 6.61 Å². The second-order valence-electron chi connectivity index (χ2n) is 6.82. The molecule has 2 heterocycles. The molecule has 2 aromatic rings. The Bertz CT molecular complexity index is 1080. The number of hydrogen-bond donors (Lipinski definition) is 1. The Balaban J connectivity index is 1.90. The van der Waals surface area contributed by atoms with Crippen LogP contribution in [0.2, 0.25) is 0 Å². The Morgan fingerprint density at radius 2 is 2.13 bits per heavy atom. The first-order valence-corrected chi connectivity index (χ1v) is 9.31. The molecule has 0 saturated carbocycles. The highest BCUT2D eigenvalue weighted by atomic mass is 16.6. The third-order valence-electron chi connectivity index (χ3n) is 4.68. The maximum Gasteiger partial charge on any atom is 0.336 e. The standard InChI is InChI=1S/C22H20N4O4/c1-14-11-19(21(15(2)25-14)22(27)30-10-4-9-23)17-7-8-20(24-13-17)16-5-3-6-18(12-16)26(28)29/h3,5-8,11-13,19,25H,4,10H2,1-2H3. The van der Waals surface area contributed by atoms with E-state index in [-0.39, 0.29) is 24.6 Å². The molecule has 1 aliphatic rings. The molecule has 1 N–H and O–H groups in total. The summed E-state index contributed by atoms with van der Waals surface area (Å²) >= 11 is 0. The predicted octanol–water partition coefficient (Wildman–Crippen LogP) is 3.98. The minimum atomic E-state index is -0.480. The van der Waals surface area contributed by atoms with Crippen molar-refractivity contribution in [3.8, 4) is 17.3 Å². The van der Waals surface area contributed by atoms with Crippen LogP contribution < -0.4 is 5.32 Å². The second-order valence-corrected chi connectivity index (χ2v) is 6.82. The number of nitrogens with one attached hydrogen (secondary N) is 1. The minimum absolute atomic E-state index is 0.00347. The Morgan fingerprint density at radius 1 is 1.33 bits per heavy atom. The van der Waals surface area contributed by atoms with E-state index in [1.54, 1.807) is 31.3 Å². The van der Waals surface area contributed by atoms with Gasteiger partial charge in [-0.15, -0.1) is 0 Å². The molecule has 1 aromatic carbocycles. The normalized spacial score (nSPS) is 15.6. The zero-order chi connectivity index (χ0) is 21.7. The lowest BCUT2D eigenvalue weighted by Crippen LogP contribution is -2.25. The zero-order valence-corrected chi connectivity index (χ0v) is 16.6. The van der Waals surface area contributed by atoms with Crippen LogP contribution in [-0.4, -0.2) is 22.5 Å². The molecule has 1 aromatic heterocycles. The fourth-order valence-corrected chi connectivity index (χ4v) is 3.32. The van der Waals surface area contributed by atoms with Crippen molar-refractivity contribution in [2.45, 2.75) is 26.2 Å². The molecule has 152 valence electrons. The first kappa shape index (κ1) is 20.7. The Morgan fingerprint density at radius 3 is 2.80 bits per heavy atom. The van der Waals surface area contributed by atoms with Crippen molar-refractivity contribution in [2.75, 3.05) is 6.61 Å². The van der Waals surface area contributed by atoms with Gasteiger partial charge in [0.15, 0.2) is 0 Å². The van der Waals surface area contributed by atoms with Crippen LogP contribution in [0.15, 0.2) is 65.6 Å². The monoisotopic (exact) mass is 404 g/mol. The van der Waals surface area contributed by atoms with E-state index in [0.717, 1.165) is 11.3 Å². The van der Waals surface area contributed by atoms with Gasteiger partial charge < -0.3 is 10.1 Å². The van der Waals surface area contributed by atoms with Crippen LogP contribution in [0.1, 0.15) is 31.7 Å². The molecule has 3 rings (SSSR count). The van der Waals surface area contributed by atoms with E-state index < -0.39 is 10.9 Å². The molecule has 0 spiro atoms. The number of benzene rings is 1. The maximum absolute atomic E-state index is 12.6. The topological polar surface area (TPSA) is 118 Å². The van der Waals surface area contributed by atoms with Gasteiger partial charge in [-0.3, -0.25) is 15.1 Å². The SMILES string of the molecule is CC1=CC(c2ccc(-c3cccc([N+](=O)[O-])c3)nc2)C(C(=O)OCCC#N)=C(C)N1. The van der Waals surface area contributed by atoms with Gasteiger partial charge in [0.05, 0.1) is 28.7 Å². The number of carbonyl (C=O) groups is 1. The van der Waals surface area contributed by atoms with Gasteiger partial charge in [-0.1, -0.05) is 24.3 Å². The van der Waals surface area contributed by atoms with E-state index in [1.807, 2.05) is 25.1 Å². The lowest BCUT2D eigenvalue weighted by Gasteiger charge is -2.25. The molecule has 1 aliphatic heterocycles. The quantitative estimate of drug-likeness (QED) is 0.335. The van der Waals surface area contributed by atoms with E-state index in [4.69, 9.17) is 10.00 Å². The number of aromatic nitrogens is 1. The van der Waals surface area contributed by atoms with Crippen LogP contribution in [0.3, 0.4) is 0 Å². The molecule has 8 heteroatoms. The summed E-state index contributed by atoms with van der Waals surface area (Å²) in [4.78, 5) is 27.6. The zero-order valence-electron chi connectivity index (χ0n) is 16.6. The van der Waals surface area contributed by atoms with E-state index >= 15 is 0 Å². The highest BCUT2D eigenvalue weighted by Crippen LogP contribution is 2.33. The molecular formula is C22H20N4O4. The van der Waals surface area contributed by atoms with Gasteiger partial charge in [0.2, 0.25) is 0 Å². The molecule has 1 unspecified atom stereocenters. The number of pyridine rings is 1. The van der Waals surface area contributed by atoms with Gasteiger partial charge in [-0.05, 0) is 25.5 Å². The average Bonchev–Trinajstić information content (AvgIpc) is 2.73. The number of ether oxygens (including phenoxy) is 1. The van der Waals surface area contributed by atoms with Crippen molar-refractivity contribution in [3.63, 3.8) is 0 Å². The molecule has 0 bridgehead atoms. The average molecular weight is 404 g/mol. The van der Waals surface area contributed by atoms with Crippen molar-refractivity contribution in [1.29, 1.82) is 5.26 Å². The third-order valence-corrected chi connectivity index (χ3v) is 4.68. The summed E-state index contributed by atoms with van der Waals surface area (Å²) in [7, 11) is 0. The fourth-order valence-electron chi connectivity index (χ4n) is 3.32. The molecule has 1 atom stereocenters. The first-order valence-electron chi connectivity index (χ1n) is 9.31. The Kier molecular flexibility index (Phi) is 6.23. The summed E-state index contributed by atoms with van der Waals surface area (Å²) in [5, 5.41) is 22.8. The predicted molar refractivity (Wildman–Crippen MR) is 110 cm³/mol. The number of nitriles is 1. The highest BCUT2D eigenvalue weighted by Gasteiger charge is 2.28. The number of nitro groups is 1. The summed E-state index contributed by atoms with van der Waals surface area (Å²) < 4.78 is 5.24. The number of dihydropyridines is 1. The van der Waals surface area contributed by atoms with Crippen LogP contribution in [0.5, 0.6) is 0 Å². The van der Waals surface area contributed by atoms with Gasteiger partial charge >= 0.3 is 5.97 Å². The maximum atomic E-state index is 12.6. The molecule has 0 amide bonds. The van der Waals surface area contributed by atoms with Crippen LogP contribution >= 0.6 is 0 Å².